The molecule has 0 saturated heterocycles. The van der Waals surface area contributed by atoms with E-state index < -0.39 is 0 Å². The van der Waals surface area contributed by atoms with Crippen molar-refractivity contribution >= 4 is 0 Å². The summed E-state index contributed by atoms with van der Waals surface area (Å²) in [7, 11) is 0. The number of nitrogens with zero attached hydrogens (tertiary/aromatic N) is 1. The van der Waals surface area contributed by atoms with E-state index >= 15 is 0 Å². The van der Waals surface area contributed by atoms with Gasteiger partial charge in [-0.15, -0.1) is 0 Å². The number of hydrogen-bond acceptors (Lipinski definition) is 2. The summed E-state index contributed by atoms with van der Waals surface area (Å²) >= 11 is 0. The predicted octanol–water partition coefficient (Wildman–Crippen LogP) is 4.20. The van der Waals surface area contributed by atoms with Crippen LogP contribution in [0, 0.1) is 13.8 Å². The number of nitrogens with two attached hydrogens (primary N) is 1. The summed E-state index contributed by atoms with van der Waals surface area (Å²) in [5, 5.41) is 0. The van der Waals surface area contributed by atoms with E-state index in [1.54, 1.807) is 0 Å². The van der Waals surface area contributed by atoms with E-state index in [1.807, 2.05) is 0 Å². The summed E-state index contributed by atoms with van der Waals surface area (Å²) in [4.78, 5) is 2.61. The molecule has 0 aliphatic carbocycles. The van der Waals surface area contributed by atoms with Gasteiger partial charge in [-0.1, -0.05) is 38.5 Å². The minimum Gasteiger partial charge on any atom is -0.329 e. The first-order valence-electron chi connectivity index (χ1n) is 8.08. The first-order chi connectivity index (χ1) is 9.56. The van der Waals surface area contributed by atoms with Gasteiger partial charge in [-0.25, -0.2) is 0 Å². The molecule has 0 bridgehead atoms. The second-order valence-electron chi connectivity index (χ2n) is 5.91. The zero-order chi connectivity index (χ0) is 15.1. The average Bonchev–Trinajstić information content (AvgIpc) is 2.44. The Bertz CT molecular complexity index is 380. The van der Waals surface area contributed by atoms with Crippen LogP contribution in [0.5, 0.6) is 0 Å². The van der Waals surface area contributed by atoms with Crippen LogP contribution in [0.1, 0.15) is 62.8 Å². The summed E-state index contributed by atoms with van der Waals surface area (Å²) in [6.07, 6.45) is 3.65. The molecule has 1 aromatic rings. The van der Waals surface area contributed by atoms with E-state index in [0.29, 0.717) is 18.6 Å². The third-order valence-electron chi connectivity index (χ3n) is 4.43. The van der Waals surface area contributed by atoms with Crippen LogP contribution in [0.15, 0.2) is 18.2 Å². The molecule has 1 rings (SSSR count). The van der Waals surface area contributed by atoms with Gasteiger partial charge in [0.1, 0.15) is 0 Å². The molecule has 0 radical (unpaired) electrons. The van der Waals surface area contributed by atoms with Crippen LogP contribution in [-0.2, 0) is 0 Å². The van der Waals surface area contributed by atoms with Crippen molar-refractivity contribution in [3.63, 3.8) is 0 Å². The summed E-state index contributed by atoms with van der Waals surface area (Å²) in [5.74, 6) is 0. The summed E-state index contributed by atoms with van der Waals surface area (Å²) in [6.45, 7) is 13.1. The smallest absolute Gasteiger partial charge is 0.0478 e. The van der Waals surface area contributed by atoms with Crippen LogP contribution in [0.3, 0.4) is 0 Å². The van der Waals surface area contributed by atoms with Gasteiger partial charge in [0.25, 0.3) is 0 Å². The van der Waals surface area contributed by atoms with Gasteiger partial charge < -0.3 is 5.73 Å². The molecule has 2 atom stereocenters. The maximum atomic E-state index is 6.17. The quantitative estimate of drug-likeness (QED) is 0.771. The second kappa shape index (κ2) is 8.43. The first-order valence-corrected chi connectivity index (χ1v) is 8.08. The number of benzene rings is 1. The van der Waals surface area contributed by atoms with Crippen molar-refractivity contribution in [2.45, 2.75) is 66.0 Å². The van der Waals surface area contributed by atoms with Crippen molar-refractivity contribution in [2.24, 2.45) is 5.73 Å². The topological polar surface area (TPSA) is 29.3 Å². The SMILES string of the molecule is CCCCN(C(C)CC)C(CN)c1c(C)cccc1C. The molecule has 0 aromatic heterocycles. The van der Waals surface area contributed by atoms with Gasteiger partial charge in [0.15, 0.2) is 0 Å². The van der Waals surface area contributed by atoms with E-state index in [4.69, 9.17) is 5.73 Å². The van der Waals surface area contributed by atoms with Crippen LogP contribution in [0.2, 0.25) is 0 Å². The zero-order valence-electron chi connectivity index (χ0n) is 13.9. The molecule has 0 heterocycles. The molecule has 20 heavy (non-hydrogen) atoms. The monoisotopic (exact) mass is 276 g/mol. The van der Waals surface area contributed by atoms with Gasteiger partial charge in [0.05, 0.1) is 0 Å². The number of unbranched alkanes of at least 4 members (excludes halogenated alkanes) is 1. The van der Waals surface area contributed by atoms with Crippen molar-refractivity contribution < 1.29 is 0 Å². The first kappa shape index (κ1) is 17.2. The molecule has 2 heteroatoms. The lowest BCUT2D eigenvalue weighted by atomic mass is 9.93. The fourth-order valence-corrected chi connectivity index (χ4v) is 3.03. The molecular weight excluding hydrogens is 244 g/mol. The van der Waals surface area contributed by atoms with E-state index in [-0.39, 0.29) is 0 Å². The fourth-order valence-electron chi connectivity index (χ4n) is 3.03. The Kier molecular flexibility index (Phi) is 7.25. The normalized spacial score (nSPS) is 14.6. The third-order valence-corrected chi connectivity index (χ3v) is 4.43. The molecule has 0 fully saturated rings. The lowest BCUT2D eigenvalue weighted by Crippen LogP contribution is -2.41. The predicted molar refractivity (Wildman–Crippen MR) is 89.1 cm³/mol. The second-order valence-corrected chi connectivity index (χ2v) is 5.91. The van der Waals surface area contributed by atoms with Gasteiger partial charge in [0.2, 0.25) is 0 Å². The average molecular weight is 276 g/mol. The zero-order valence-corrected chi connectivity index (χ0v) is 13.9. The minimum absolute atomic E-state index is 0.345. The van der Waals surface area contributed by atoms with Crippen molar-refractivity contribution in [1.29, 1.82) is 0 Å². The fraction of sp³-hybridized carbons (Fsp3) is 0.667. The Morgan fingerprint density at radius 3 is 2.20 bits per heavy atom. The molecule has 2 nitrogen and oxygen atoms in total. The van der Waals surface area contributed by atoms with Gasteiger partial charge in [0, 0.05) is 18.6 Å². The molecule has 114 valence electrons. The highest BCUT2D eigenvalue weighted by molar-refractivity contribution is 5.36. The Morgan fingerprint density at radius 1 is 1.15 bits per heavy atom. The summed E-state index contributed by atoms with van der Waals surface area (Å²) in [6, 6.07) is 7.48. The van der Waals surface area contributed by atoms with Crippen molar-refractivity contribution in [3.05, 3.63) is 34.9 Å². The molecule has 0 spiro atoms. The molecular formula is C18H32N2. The van der Waals surface area contributed by atoms with E-state index in [9.17, 15) is 0 Å². The maximum Gasteiger partial charge on any atom is 0.0478 e. The van der Waals surface area contributed by atoms with Gasteiger partial charge in [-0.05, 0) is 56.8 Å². The molecule has 2 N–H and O–H groups in total. The van der Waals surface area contributed by atoms with Crippen LogP contribution in [0.25, 0.3) is 0 Å². The van der Waals surface area contributed by atoms with Crippen molar-refractivity contribution in [2.75, 3.05) is 13.1 Å². The molecule has 0 amide bonds. The Balaban J connectivity index is 3.11. The maximum absolute atomic E-state index is 6.17. The lowest BCUT2D eigenvalue weighted by molar-refractivity contribution is 0.140. The standard InChI is InChI=1S/C18H32N2/c1-6-8-12-20(16(5)7-2)17(13-19)18-14(3)10-9-11-15(18)4/h9-11,16-17H,6-8,12-13,19H2,1-5H3. The van der Waals surface area contributed by atoms with E-state index in [2.05, 4.69) is 57.7 Å². The Labute approximate surface area is 125 Å². The van der Waals surface area contributed by atoms with Crippen molar-refractivity contribution in [3.8, 4) is 0 Å². The summed E-state index contributed by atoms with van der Waals surface area (Å²) in [5.41, 5.74) is 10.3. The lowest BCUT2D eigenvalue weighted by Gasteiger charge is -2.37. The largest absolute Gasteiger partial charge is 0.329 e. The molecule has 0 aliphatic heterocycles. The van der Waals surface area contributed by atoms with Crippen molar-refractivity contribution in [1.82, 2.24) is 4.90 Å². The van der Waals surface area contributed by atoms with Gasteiger partial charge in [-0.2, -0.15) is 0 Å². The Hall–Kier alpha value is -0.860. The van der Waals surface area contributed by atoms with E-state index in [1.165, 1.54) is 36.0 Å². The van der Waals surface area contributed by atoms with Crippen LogP contribution < -0.4 is 5.73 Å². The van der Waals surface area contributed by atoms with E-state index in [0.717, 1.165) is 6.54 Å². The van der Waals surface area contributed by atoms with Gasteiger partial charge >= 0.3 is 0 Å². The molecule has 2 unspecified atom stereocenters. The van der Waals surface area contributed by atoms with Gasteiger partial charge in [-0.3, -0.25) is 4.90 Å². The number of rotatable bonds is 8. The van der Waals surface area contributed by atoms with Crippen LogP contribution >= 0.6 is 0 Å². The number of hydrogen-bond donors (Lipinski definition) is 1. The van der Waals surface area contributed by atoms with Crippen LogP contribution in [-0.4, -0.2) is 24.0 Å². The summed E-state index contributed by atoms with van der Waals surface area (Å²) < 4.78 is 0. The highest BCUT2D eigenvalue weighted by Crippen LogP contribution is 2.29. The third kappa shape index (κ3) is 4.07. The highest BCUT2D eigenvalue weighted by atomic mass is 15.2. The molecule has 1 aromatic carbocycles. The number of aryl methyl sites for hydroxylation is 2. The highest BCUT2D eigenvalue weighted by Gasteiger charge is 2.24. The molecule has 0 saturated carbocycles. The van der Waals surface area contributed by atoms with Crippen LogP contribution in [0.4, 0.5) is 0 Å². The Morgan fingerprint density at radius 2 is 1.75 bits per heavy atom. The molecule has 0 aliphatic rings. The minimum atomic E-state index is 0.345.